The summed E-state index contributed by atoms with van der Waals surface area (Å²) >= 11 is 0. The van der Waals surface area contributed by atoms with Crippen LogP contribution in [0.15, 0.2) is 30.3 Å². The fourth-order valence-corrected chi connectivity index (χ4v) is 2.64. The van der Waals surface area contributed by atoms with E-state index in [0.717, 1.165) is 0 Å². The molecule has 0 aromatic heterocycles. The summed E-state index contributed by atoms with van der Waals surface area (Å²) in [6, 6.07) is 8.46. The van der Waals surface area contributed by atoms with Crippen LogP contribution in [0.25, 0.3) is 0 Å². The van der Waals surface area contributed by atoms with E-state index in [1.54, 1.807) is 30.3 Å². The molecular formula is C21H21NO7. The Balaban J connectivity index is 1.51. The molecular weight excluding hydrogens is 378 g/mol. The van der Waals surface area contributed by atoms with Crippen LogP contribution in [-0.4, -0.2) is 47.2 Å². The Morgan fingerprint density at radius 2 is 1.72 bits per heavy atom. The topological polar surface area (TPSA) is 84.5 Å². The number of carbonyl (C=O) groups is 1. The first-order chi connectivity index (χ1) is 14.2. The van der Waals surface area contributed by atoms with Gasteiger partial charge in [0.25, 0.3) is 5.91 Å². The highest BCUT2D eigenvalue weighted by molar-refractivity contribution is 5.95. The lowest BCUT2D eigenvalue weighted by atomic mass is 10.1. The van der Waals surface area contributed by atoms with Crippen LogP contribution in [0.1, 0.15) is 10.4 Å². The van der Waals surface area contributed by atoms with E-state index in [1.807, 2.05) is 0 Å². The van der Waals surface area contributed by atoms with Gasteiger partial charge in [-0.2, -0.15) is 0 Å². The molecule has 1 N–H and O–H groups in total. The number of carbonyl (C=O) groups excluding carboxylic acids is 1. The molecule has 1 aliphatic heterocycles. The molecule has 0 saturated heterocycles. The normalized spacial score (nSPS) is 11.1. The summed E-state index contributed by atoms with van der Waals surface area (Å²) in [4.78, 5) is 12.4. The third-order valence-corrected chi connectivity index (χ3v) is 4.04. The highest BCUT2D eigenvalue weighted by atomic mass is 16.7. The SMILES string of the molecule is COc1cc(C(=O)NCC#CCOc2ccc3c(c2)OCO3)cc(OC)c1OC. The fraction of sp³-hybridized carbons (Fsp3) is 0.286. The van der Waals surface area contributed by atoms with Crippen molar-refractivity contribution in [1.82, 2.24) is 5.32 Å². The third-order valence-electron chi connectivity index (χ3n) is 4.04. The highest BCUT2D eigenvalue weighted by Crippen LogP contribution is 2.38. The van der Waals surface area contributed by atoms with Crippen molar-refractivity contribution in [2.24, 2.45) is 0 Å². The van der Waals surface area contributed by atoms with E-state index in [2.05, 4.69) is 17.2 Å². The lowest BCUT2D eigenvalue weighted by Crippen LogP contribution is -2.23. The molecule has 0 unspecified atom stereocenters. The zero-order chi connectivity index (χ0) is 20.6. The van der Waals surface area contributed by atoms with Gasteiger partial charge in [-0.05, 0) is 24.3 Å². The molecule has 8 heteroatoms. The van der Waals surface area contributed by atoms with Crippen molar-refractivity contribution >= 4 is 5.91 Å². The Morgan fingerprint density at radius 3 is 2.41 bits per heavy atom. The van der Waals surface area contributed by atoms with Crippen molar-refractivity contribution in [1.29, 1.82) is 0 Å². The average Bonchev–Trinajstić information content (AvgIpc) is 3.22. The van der Waals surface area contributed by atoms with Gasteiger partial charge >= 0.3 is 0 Å². The van der Waals surface area contributed by atoms with Gasteiger partial charge in [0.05, 0.1) is 27.9 Å². The molecule has 2 aromatic rings. The molecule has 1 amide bonds. The molecule has 0 aliphatic carbocycles. The van der Waals surface area contributed by atoms with Crippen LogP contribution >= 0.6 is 0 Å². The average molecular weight is 399 g/mol. The maximum atomic E-state index is 12.4. The molecule has 3 rings (SSSR count). The van der Waals surface area contributed by atoms with Crippen molar-refractivity contribution < 1.29 is 33.2 Å². The van der Waals surface area contributed by atoms with Crippen molar-refractivity contribution in [2.45, 2.75) is 0 Å². The first kappa shape index (κ1) is 20.0. The molecule has 0 atom stereocenters. The van der Waals surface area contributed by atoms with Gasteiger partial charge in [0.15, 0.2) is 23.0 Å². The maximum absolute atomic E-state index is 12.4. The molecule has 1 heterocycles. The van der Waals surface area contributed by atoms with Crippen LogP contribution in [0.4, 0.5) is 0 Å². The maximum Gasteiger partial charge on any atom is 0.252 e. The molecule has 1 aliphatic rings. The zero-order valence-electron chi connectivity index (χ0n) is 16.4. The number of amides is 1. The van der Waals surface area contributed by atoms with Crippen LogP contribution in [0.3, 0.4) is 0 Å². The lowest BCUT2D eigenvalue weighted by Gasteiger charge is -2.13. The summed E-state index contributed by atoms with van der Waals surface area (Å²) < 4.78 is 31.8. The molecule has 29 heavy (non-hydrogen) atoms. The first-order valence-corrected chi connectivity index (χ1v) is 8.72. The number of hydrogen-bond acceptors (Lipinski definition) is 7. The van der Waals surface area contributed by atoms with Gasteiger partial charge in [0.1, 0.15) is 12.4 Å². The van der Waals surface area contributed by atoms with Crippen molar-refractivity contribution in [3.63, 3.8) is 0 Å². The number of hydrogen-bond donors (Lipinski definition) is 1. The number of rotatable bonds is 7. The Kier molecular flexibility index (Phi) is 6.53. The number of methoxy groups -OCH3 is 3. The minimum absolute atomic E-state index is 0.167. The fourth-order valence-electron chi connectivity index (χ4n) is 2.64. The summed E-state index contributed by atoms with van der Waals surface area (Å²) in [7, 11) is 4.48. The van der Waals surface area contributed by atoms with Gasteiger partial charge in [0, 0.05) is 11.6 Å². The largest absolute Gasteiger partial charge is 0.493 e. The molecule has 0 fully saturated rings. The lowest BCUT2D eigenvalue weighted by molar-refractivity contribution is 0.0958. The standard InChI is InChI=1S/C21H21NO7/c1-24-18-10-14(11-19(25-2)20(18)26-3)21(23)22-8-4-5-9-27-15-6-7-16-17(12-15)29-13-28-16/h6-7,10-12H,8-9,13H2,1-3H3,(H,22,23). The molecule has 0 radical (unpaired) electrons. The molecule has 152 valence electrons. The molecule has 0 bridgehead atoms. The Morgan fingerprint density at radius 1 is 1.00 bits per heavy atom. The number of ether oxygens (including phenoxy) is 6. The van der Waals surface area contributed by atoms with Crippen molar-refractivity contribution in [3.05, 3.63) is 35.9 Å². The summed E-state index contributed by atoms with van der Waals surface area (Å²) in [6.45, 7) is 0.559. The van der Waals surface area contributed by atoms with Crippen molar-refractivity contribution in [2.75, 3.05) is 41.3 Å². The summed E-state index contributed by atoms with van der Waals surface area (Å²) in [6.07, 6.45) is 0. The molecule has 0 spiro atoms. The van der Waals surface area contributed by atoms with Gasteiger partial charge in [-0.25, -0.2) is 0 Å². The number of fused-ring (bicyclic) bond motifs is 1. The van der Waals surface area contributed by atoms with E-state index in [0.29, 0.717) is 40.1 Å². The molecule has 0 saturated carbocycles. The molecule has 8 nitrogen and oxygen atoms in total. The van der Waals surface area contributed by atoms with Crippen LogP contribution < -0.4 is 33.7 Å². The zero-order valence-corrected chi connectivity index (χ0v) is 16.4. The van der Waals surface area contributed by atoms with Crippen molar-refractivity contribution in [3.8, 4) is 46.3 Å². The van der Waals surface area contributed by atoms with E-state index in [9.17, 15) is 4.79 Å². The predicted octanol–water partition coefficient (Wildman–Crippen LogP) is 2.25. The Labute approximate surface area is 168 Å². The van der Waals surface area contributed by atoms with E-state index in [4.69, 9.17) is 28.4 Å². The van der Waals surface area contributed by atoms with Crippen LogP contribution in [0, 0.1) is 11.8 Å². The second-order valence-corrected chi connectivity index (χ2v) is 5.75. The summed E-state index contributed by atoms with van der Waals surface area (Å²) in [5.41, 5.74) is 0.373. The van der Waals surface area contributed by atoms with Gasteiger partial charge in [-0.3, -0.25) is 4.79 Å². The monoisotopic (exact) mass is 399 g/mol. The number of benzene rings is 2. The summed E-state index contributed by atoms with van der Waals surface area (Å²) in [5, 5.41) is 2.72. The second kappa shape index (κ2) is 9.46. The van der Waals surface area contributed by atoms with Gasteiger partial charge in [0.2, 0.25) is 12.5 Å². The van der Waals surface area contributed by atoms with Gasteiger partial charge in [-0.1, -0.05) is 11.8 Å². The Hall–Kier alpha value is -3.73. The second-order valence-electron chi connectivity index (χ2n) is 5.75. The smallest absolute Gasteiger partial charge is 0.252 e. The minimum Gasteiger partial charge on any atom is -0.493 e. The van der Waals surface area contributed by atoms with E-state index in [1.165, 1.54) is 21.3 Å². The summed E-state index contributed by atoms with van der Waals surface area (Å²) in [5.74, 6) is 8.57. The van der Waals surface area contributed by atoms with E-state index >= 15 is 0 Å². The van der Waals surface area contributed by atoms with Gasteiger partial charge in [-0.15, -0.1) is 0 Å². The van der Waals surface area contributed by atoms with E-state index in [-0.39, 0.29) is 25.9 Å². The minimum atomic E-state index is -0.310. The van der Waals surface area contributed by atoms with Crippen LogP contribution in [0.5, 0.6) is 34.5 Å². The van der Waals surface area contributed by atoms with Gasteiger partial charge < -0.3 is 33.7 Å². The predicted molar refractivity (Wildman–Crippen MR) is 104 cm³/mol. The quantitative estimate of drug-likeness (QED) is 0.715. The molecule has 2 aromatic carbocycles. The van der Waals surface area contributed by atoms with Crippen LogP contribution in [0.2, 0.25) is 0 Å². The number of nitrogens with one attached hydrogen (secondary N) is 1. The Bertz CT molecular complexity index is 921. The van der Waals surface area contributed by atoms with E-state index < -0.39 is 0 Å². The van der Waals surface area contributed by atoms with Crippen LogP contribution in [-0.2, 0) is 0 Å². The highest BCUT2D eigenvalue weighted by Gasteiger charge is 2.16. The first-order valence-electron chi connectivity index (χ1n) is 8.72. The third kappa shape index (κ3) is 4.76.